The monoisotopic (exact) mass is 338 g/mol. The van der Waals surface area contributed by atoms with E-state index in [1.807, 2.05) is 53.0 Å². The highest BCUT2D eigenvalue weighted by Crippen LogP contribution is 2.30. The summed E-state index contributed by atoms with van der Waals surface area (Å²) in [6.07, 6.45) is 4.65. The number of nitrogens with two attached hydrogens (primary N) is 1. The van der Waals surface area contributed by atoms with Crippen molar-refractivity contribution in [3.05, 3.63) is 29.8 Å². The van der Waals surface area contributed by atoms with E-state index in [2.05, 4.69) is 18.3 Å². The second-order valence-corrected chi connectivity index (χ2v) is 6.46. The zero-order chi connectivity index (χ0) is 18.0. The van der Waals surface area contributed by atoms with E-state index in [1.54, 1.807) is 17.8 Å². The van der Waals surface area contributed by atoms with Crippen molar-refractivity contribution in [1.82, 2.24) is 0 Å². The van der Waals surface area contributed by atoms with Crippen molar-refractivity contribution in [3.8, 4) is 0 Å². The molecule has 0 radical (unpaired) electrons. The fourth-order valence-electron chi connectivity index (χ4n) is 1.75. The van der Waals surface area contributed by atoms with Crippen molar-refractivity contribution in [3.63, 3.8) is 0 Å². The average molecular weight is 339 g/mol. The quantitative estimate of drug-likeness (QED) is 0.685. The maximum Gasteiger partial charge on any atom is 0.412 e. The fourth-order valence-corrected chi connectivity index (χ4v) is 2.44. The summed E-state index contributed by atoms with van der Waals surface area (Å²) in [6, 6.07) is 5.61. The van der Waals surface area contributed by atoms with E-state index < -0.39 is 11.7 Å². The maximum atomic E-state index is 11.8. The smallest absolute Gasteiger partial charge is 0.412 e. The van der Waals surface area contributed by atoms with Crippen molar-refractivity contribution >= 4 is 34.1 Å². The van der Waals surface area contributed by atoms with Crippen LogP contribution in [0.15, 0.2) is 24.3 Å². The first-order valence-corrected chi connectivity index (χ1v) is 9.13. The van der Waals surface area contributed by atoms with Crippen molar-refractivity contribution < 1.29 is 9.53 Å². The zero-order valence-corrected chi connectivity index (χ0v) is 16.1. The molecule has 0 heterocycles. The number of ether oxygens (including phenoxy) is 1. The van der Waals surface area contributed by atoms with E-state index >= 15 is 0 Å². The van der Waals surface area contributed by atoms with Gasteiger partial charge in [-0.05, 0) is 51.1 Å². The standard InChI is InChI=1S/C16H24N2O2S.C2H6/c1-6-7-14(21-5)11-8-9-13(12(17)10-11)18-15(19)20-16(2,3)4;1-2/h7-10H,6,17H2,1-5H3,(H,18,19);1-2H3/b14-7-;. The third kappa shape index (κ3) is 7.98. The van der Waals surface area contributed by atoms with Crippen LogP contribution in [0.25, 0.3) is 4.91 Å². The summed E-state index contributed by atoms with van der Waals surface area (Å²) >= 11 is 1.68. The van der Waals surface area contributed by atoms with Gasteiger partial charge >= 0.3 is 6.09 Å². The summed E-state index contributed by atoms with van der Waals surface area (Å²) in [6.45, 7) is 11.6. The van der Waals surface area contributed by atoms with Gasteiger partial charge in [0.15, 0.2) is 0 Å². The van der Waals surface area contributed by atoms with E-state index in [0.717, 1.165) is 12.0 Å². The second kappa shape index (κ2) is 10.2. The van der Waals surface area contributed by atoms with E-state index in [1.165, 1.54) is 4.91 Å². The van der Waals surface area contributed by atoms with Gasteiger partial charge in [-0.15, -0.1) is 11.8 Å². The van der Waals surface area contributed by atoms with Gasteiger partial charge in [0.05, 0.1) is 11.4 Å². The Morgan fingerprint density at radius 2 is 1.96 bits per heavy atom. The van der Waals surface area contributed by atoms with E-state index in [4.69, 9.17) is 10.5 Å². The number of carbonyl (C=O) groups is 1. The number of allylic oxidation sites excluding steroid dienone is 1. The largest absolute Gasteiger partial charge is 0.444 e. The molecule has 1 aromatic rings. The van der Waals surface area contributed by atoms with Crippen molar-refractivity contribution in [2.75, 3.05) is 17.3 Å². The Kier molecular flexibility index (Phi) is 9.49. The molecular formula is C18H30N2O2S. The Balaban J connectivity index is 0.00000232. The van der Waals surface area contributed by atoms with Crippen LogP contribution in [0.4, 0.5) is 16.2 Å². The number of thioether (sulfide) groups is 1. The fraction of sp³-hybridized carbons (Fsp3) is 0.500. The van der Waals surface area contributed by atoms with Gasteiger partial charge in [-0.2, -0.15) is 0 Å². The maximum absolute atomic E-state index is 11.8. The number of anilines is 2. The van der Waals surface area contributed by atoms with Gasteiger partial charge in [-0.3, -0.25) is 5.32 Å². The first kappa shape index (κ1) is 21.4. The Morgan fingerprint density at radius 3 is 2.39 bits per heavy atom. The number of nitrogen functional groups attached to an aromatic ring is 1. The van der Waals surface area contributed by atoms with Gasteiger partial charge in [-0.25, -0.2) is 4.79 Å². The summed E-state index contributed by atoms with van der Waals surface area (Å²) in [4.78, 5) is 12.9. The summed E-state index contributed by atoms with van der Waals surface area (Å²) in [5, 5.41) is 2.67. The summed E-state index contributed by atoms with van der Waals surface area (Å²) in [5.41, 5.74) is 7.62. The SMILES string of the molecule is CC.CC/C=C(\SC)c1ccc(NC(=O)OC(C)(C)C)c(N)c1. The lowest BCUT2D eigenvalue weighted by Crippen LogP contribution is -2.27. The van der Waals surface area contributed by atoms with Crippen LogP contribution in [0.2, 0.25) is 0 Å². The van der Waals surface area contributed by atoms with E-state index in [-0.39, 0.29) is 0 Å². The zero-order valence-electron chi connectivity index (χ0n) is 15.3. The molecule has 0 aromatic heterocycles. The van der Waals surface area contributed by atoms with Gasteiger partial charge in [0.2, 0.25) is 0 Å². The highest BCUT2D eigenvalue weighted by atomic mass is 32.2. The minimum absolute atomic E-state index is 0.504. The predicted octanol–water partition coefficient (Wildman–Crippen LogP) is 5.76. The van der Waals surface area contributed by atoms with Gasteiger partial charge < -0.3 is 10.5 Å². The first-order chi connectivity index (χ1) is 10.8. The number of nitrogens with one attached hydrogen (secondary N) is 1. The molecule has 1 amide bonds. The molecule has 1 rings (SSSR count). The summed E-state index contributed by atoms with van der Waals surface area (Å²) < 4.78 is 5.21. The topological polar surface area (TPSA) is 64.3 Å². The Morgan fingerprint density at radius 1 is 1.35 bits per heavy atom. The van der Waals surface area contributed by atoms with Crippen molar-refractivity contribution in [1.29, 1.82) is 0 Å². The molecule has 0 bridgehead atoms. The highest BCUT2D eigenvalue weighted by Gasteiger charge is 2.17. The van der Waals surface area contributed by atoms with Crippen LogP contribution in [-0.4, -0.2) is 18.0 Å². The first-order valence-electron chi connectivity index (χ1n) is 7.91. The number of benzene rings is 1. The Bertz CT molecular complexity index is 534. The molecule has 130 valence electrons. The number of hydrogen-bond donors (Lipinski definition) is 2. The highest BCUT2D eigenvalue weighted by molar-refractivity contribution is 8.07. The minimum Gasteiger partial charge on any atom is -0.444 e. The molecule has 0 unspecified atom stereocenters. The molecule has 0 saturated carbocycles. The Hall–Kier alpha value is -1.62. The number of rotatable bonds is 4. The average Bonchev–Trinajstić information content (AvgIpc) is 2.47. The predicted molar refractivity (Wildman–Crippen MR) is 104 cm³/mol. The van der Waals surface area contributed by atoms with Crippen LogP contribution in [0, 0.1) is 0 Å². The molecule has 0 fully saturated rings. The molecule has 0 aliphatic heterocycles. The molecule has 1 aromatic carbocycles. The second-order valence-electron chi connectivity index (χ2n) is 5.61. The lowest BCUT2D eigenvalue weighted by molar-refractivity contribution is 0.0636. The molecule has 23 heavy (non-hydrogen) atoms. The van der Waals surface area contributed by atoms with Crippen LogP contribution < -0.4 is 11.1 Å². The third-order valence-electron chi connectivity index (χ3n) is 2.58. The van der Waals surface area contributed by atoms with Gasteiger partial charge in [0.1, 0.15) is 5.60 Å². The van der Waals surface area contributed by atoms with Crippen LogP contribution in [0.5, 0.6) is 0 Å². The lowest BCUT2D eigenvalue weighted by atomic mass is 10.1. The van der Waals surface area contributed by atoms with Gasteiger partial charge in [-0.1, -0.05) is 32.9 Å². The van der Waals surface area contributed by atoms with Gasteiger partial charge in [0, 0.05) is 4.91 Å². The lowest BCUT2D eigenvalue weighted by Gasteiger charge is -2.20. The van der Waals surface area contributed by atoms with Crippen LogP contribution in [0.3, 0.4) is 0 Å². The van der Waals surface area contributed by atoms with Crippen LogP contribution >= 0.6 is 11.8 Å². The molecule has 0 saturated heterocycles. The molecule has 0 aliphatic rings. The van der Waals surface area contributed by atoms with E-state index in [0.29, 0.717) is 11.4 Å². The molecule has 0 aliphatic carbocycles. The molecule has 5 heteroatoms. The van der Waals surface area contributed by atoms with Gasteiger partial charge in [0.25, 0.3) is 0 Å². The minimum atomic E-state index is -0.533. The third-order valence-corrected chi connectivity index (χ3v) is 3.42. The molecule has 0 spiro atoms. The van der Waals surface area contributed by atoms with Crippen LogP contribution in [0.1, 0.15) is 53.5 Å². The van der Waals surface area contributed by atoms with Crippen LogP contribution in [-0.2, 0) is 4.74 Å². The molecular weight excluding hydrogens is 308 g/mol. The summed E-state index contributed by atoms with van der Waals surface area (Å²) in [7, 11) is 0. The molecule has 3 N–H and O–H groups in total. The van der Waals surface area contributed by atoms with E-state index in [9.17, 15) is 4.79 Å². The number of amides is 1. The van der Waals surface area contributed by atoms with Crippen molar-refractivity contribution in [2.24, 2.45) is 0 Å². The summed E-state index contributed by atoms with van der Waals surface area (Å²) in [5.74, 6) is 0. The Labute approximate surface area is 144 Å². The molecule has 4 nitrogen and oxygen atoms in total. The molecule has 0 atom stereocenters. The normalized spacial score (nSPS) is 11.3. The number of hydrogen-bond acceptors (Lipinski definition) is 4. The van der Waals surface area contributed by atoms with Crippen molar-refractivity contribution in [2.45, 2.75) is 53.6 Å². The number of carbonyl (C=O) groups excluding carboxylic acids is 1.